The van der Waals surface area contributed by atoms with Crippen LogP contribution in [0.4, 0.5) is 5.95 Å². The number of pyridine rings is 1. The van der Waals surface area contributed by atoms with Crippen LogP contribution in [-0.4, -0.2) is 64.7 Å². The summed E-state index contributed by atoms with van der Waals surface area (Å²) in [5, 5.41) is 7.50. The fourth-order valence-corrected chi connectivity index (χ4v) is 5.54. The Morgan fingerprint density at radius 2 is 1.86 bits per heavy atom. The van der Waals surface area contributed by atoms with E-state index < -0.39 is 21.4 Å². The van der Waals surface area contributed by atoms with Gasteiger partial charge >= 0.3 is 0 Å². The maximum absolute atomic E-state index is 13.4. The molecule has 2 aliphatic carbocycles. The van der Waals surface area contributed by atoms with Crippen LogP contribution in [0.15, 0.2) is 30.6 Å². The van der Waals surface area contributed by atoms with Crippen molar-refractivity contribution in [3.05, 3.63) is 36.3 Å². The molecule has 5 rings (SSSR count). The molecule has 186 valence electrons. The molecule has 2 fully saturated rings. The molecule has 1 spiro atoms. The van der Waals surface area contributed by atoms with Gasteiger partial charge in [-0.15, -0.1) is 10.2 Å². The summed E-state index contributed by atoms with van der Waals surface area (Å²) in [6.07, 6.45) is 5.15. The molecule has 3 aromatic rings. The molecule has 2 aliphatic rings. The molecule has 3 heterocycles. The van der Waals surface area contributed by atoms with Crippen molar-refractivity contribution in [1.82, 2.24) is 29.7 Å². The first kappa shape index (κ1) is 23.4. The van der Waals surface area contributed by atoms with Crippen LogP contribution in [0.2, 0.25) is 0 Å². The summed E-state index contributed by atoms with van der Waals surface area (Å²) < 4.78 is 47.1. The van der Waals surface area contributed by atoms with E-state index in [9.17, 15) is 8.42 Å². The molecule has 0 aromatic carbocycles. The molecule has 0 saturated heterocycles. The second-order valence-electron chi connectivity index (χ2n) is 8.86. The zero-order valence-electron chi connectivity index (χ0n) is 19.9. The molecular weight excluding hydrogens is 474 g/mol. The first-order valence-corrected chi connectivity index (χ1v) is 12.7. The van der Waals surface area contributed by atoms with Crippen LogP contribution < -0.4 is 14.2 Å². The fourth-order valence-electron chi connectivity index (χ4n) is 4.39. The van der Waals surface area contributed by atoms with Gasteiger partial charge in [-0.05, 0) is 37.7 Å². The zero-order valence-corrected chi connectivity index (χ0v) is 20.7. The van der Waals surface area contributed by atoms with Gasteiger partial charge in [0.05, 0.1) is 32.3 Å². The molecule has 1 N–H and O–H groups in total. The van der Waals surface area contributed by atoms with Gasteiger partial charge in [0.15, 0.2) is 5.82 Å². The van der Waals surface area contributed by atoms with Gasteiger partial charge in [0.2, 0.25) is 27.7 Å². The number of nitrogens with zero attached hydrogens (tertiary/aromatic N) is 6. The number of sulfonamides is 1. The van der Waals surface area contributed by atoms with E-state index in [-0.39, 0.29) is 17.4 Å². The third kappa shape index (κ3) is 4.29. The Labute approximate surface area is 203 Å². The summed E-state index contributed by atoms with van der Waals surface area (Å²) >= 11 is 0. The maximum Gasteiger partial charge on any atom is 0.240 e. The van der Waals surface area contributed by atoms with Gasteiger partial charge < -0.3 is 14.2 Å². The number of aromatic nitrogens is 6. The predicted octanol–water partition coefficient (Wildman–Crippen LogP) is 2.39. The van der Waals surface area contributed by atoms with E-state index in [4.69, 9.17) is 14.2 Å². The predicted molar refractivity (Wildman–Crippen MR) is 125 cm³/mol. The second kappa shape index (κ2) is 8.72. The van der Waals surface area contributed by atoms with Crippen molar-refractivity contribution in [2.24, 2.45) is 5.41 Å². The van der Waals surface area contributed by atoms with Crippen LogP contribution in [0.5, 0.6) is 11.8 Å². The highest BCUT2D eigenvalue weighted by Crippen LogP contribution is 2.73. The van der Waals surface area contributed by atoms with E-state index in [1.807, 2.05) is 10.6 Å². The highest BCUT2D eigenvalue weighted by atomic mass is 32.2. The van der Waals surface area contributed by atoms with Crippen LogP contribution in [0.25, 0.3) is 11.5 Å². The van der Waals surface area contributed by atoms with Crippen molar-refractivity contribution in [3.8, 4) is 23.3 Å². The highest BCUT2D eigenvalue weighted by Gasteiger charge is 2.65. The van der Waals surface area contributed by atoms with E-state index in [0.29, 0.717) is 29.0 Å². The van der Waals surface area contributed by atoms with Gasteiger partial charge in [-0.3, -0.25) is 14.3 Å². The molecule has 0 bridgehead atoms. The number of ether oxygens (including phenoxy) is 3. The molecular formula is C22H27N7O5S. The van der Waals surface area contributed by atoms with E-state index >= 15 is 0 Å². The normalized spacial score (nSPS) is 19.7. The van der Waals surface area contributed by atoms with Crippen molar-refractivity contribution in [2.45, 2.75) is 43.6 Å². The van der Waals surface area contributed by atoms with Crippen molar-refractivity contribution in [3.63, 3.8) is 0 Å². The Kier molecular flexibility index (Phi) is 5.83. The number of methoxy groups -OCH3 is 3. The number of nitrogens with one attached hydrogen (secondary N) is 1. The Balaban J connectivity index is 1.46. The third-order valence-electron chi connectivity index (χ3n) is 6.76. The van der Waals surface area contributed by atoms with E-state index in [2.05, 4.69) is 29.9 Å². The number of hydrogen-bond acceptors (Lipinski definition) is 10. The minimum absolute atomic E-state index is 0.110. The Morgan fingerprint density at radius 1 is 1.09 bits per heavy atom. The maximum atomic E-state index is 13.4. The van der Waals surface area contributed by atoms with Gasteiger partial charge in [-0.1, -0.05) is 6.07 Å². The first-order valence-electron chi connectivity index (χ1n) is 11.2. The molecule has 0 amide bonds. The minimum atomic E-state index is -3.96. The molecule has 13 heteroatoms. The molecule has 0 aliphatic heterocycles. The lowest BCUT2D eigenvalue weighted by Crippen LogP contribution is -2.33. The monoisotopic (exact) mass is 501 g/mol. The first-order chi connectivity index (χ1) is 16.8. The Bertz CT molecular complexity index is 1320. The smallest absolute Gasteiger partial charge is 0.240 e. The molecule has 3 aromatic heterocycles. The summed E-state index contributed by atoms with van der Waals surface area (Å²) in [6, 6.07) is 5.46. The SMILES string of the molecule is COc1cnc(C(OC)C(C)S(=O)(=O)Nc2nnc(-c3cccc(OC)n3)n2[C@H]2CC23CC3)cn1. The van der Waals surface area contributed by atoms with Gasteiger partial charge in [0.1, 0.15) is 17.0 Å². The Morgan fingerprint density at radius 3 is 2.46 bits per heavy atom. The van der Waals surface area contributed by atoms with Crippen molar-refractivity contribution in [2.75, 3.05) is 26.1 Å². The average Bonchev–Trinajstić information content (AvgIpc) is 3.77. The molecule has 12 nitrogen and oxygen atoms in total. The van der Waals surface area contributed by atoms with Crippen molar-refractivity contribution in [1.29, 1.82) is 0 Å². The van der Waals surface area contributed by atoms with Crippen LogP contribution in [0.1, 0.15) is 44.0 Å². The fraction of sp³-hybridized carbons (Fsp3) is 0.500. The van der Waals surface area contributed by atoms with Crippen LogP contribution in [0.3, 0.4) is 0 Å². The van der Waals surface area contributed by atoms with Crippen molar-refractivity contribution >= 4 is 16.0 Å². The zero-order chi connectivity index (χ0) is 24.8. The summed E-state index contributed by atoms with van der Waals surface area (Å²) in [4.78, 5) is 12.8. The number of rotatable bonds is 10. The van der Waals surface area contributed by atoms with Gasteiger partial charge in [0.25, 0.3) is 0 Å². The summed E-state index contributed by atoms with van der Waals surface area (Å²) in [6.45, 7) is 1.55. The molecule has 3 atom stereocenters. The lowest BCUT2D eigenvalue weighted by Gasteiger charge is -2.22. The average molecular weight is 502 g/mol. The summed E-state index contributed by atoms with van der Waals surface area (Å²) in [5.41, 5.74) is 1.13. The second-order valence-corrected chi connectivity index (χ2v) is 10.9. The van der Waals surface area contributed by atoms with Crippen molar-refractivity contribution < 1.29 is 22.6 Å². The van der Waals surface area contributed by atoms with Gasteiger partial charge in [-0.2, -0.15) is 0 Å². The number of hydrogen-bond donors (Lipinski definition) is 1. The van der Waals surface area contributed by atoms with Gasteiger partial charge in [-0.25, -0.2) is 18.4 Å². The van der Waals surface area contributed by atoms with E-state index in [1.54, 1.807) is 19.1 Å². The third-order valence-corrected chi connectivity index (χ3v) is 8.45. The van der Waals surface area contributed by atoms with Crippen LogP contribution in [0, 0.1) is 5.41 Å². The topological polar surface area (TPSA) is 143 Å². The molecule has 0 radical (unpaired) electrons. The van der Waals surface area contributed by atoms with E-state index in [1.165, 1.54) is 33.7 Å². The van der Waals surface area contributed by atoms with Crippen LogP contribution in [-0.2, 0) is 14.8 Å². The molecule has 2 unspecified atom stereocenters. The lowest BCUT2D eigenvalue weighted by atomic mass is 10.2. The van der Waals surface area contributed by atoms with Gasteiger partial charge in [0, 0.05) is 19.2 Å². The quantitative estimate of drug-likeness (QED) is 0.440. The Hall–Kier alpha value is -3.32. The largest absolute Gasteiger partial charge is 0.481 e. The minimum Gasteiger partial charge on any atom is -0.481 e. The lowest BCUT2D eigenvalue weighted by molar-refractivity contribution is 0.0984. The molecule has 2 saturated carbocycles. The molecule has 35 heavy (non-hydrogen) atoms. The van der Waals surface area contributed by atoms with Crippen LogP contribution >= 0.6 is 0 Å². The standard InChI is InChI=1S/C22H27N7O5S/c1-13(19(34-4)15-11-24-18(33-3)12-23-15)35(30,31)28-21-27-26-20(14-6-5-7-17(25-14)32-2)29(21)16-10-22(16)8-9-22/h5-7,11-13,16,19H,8-10H2,1-4H3,(H,27,28)/t13?,16-,19?/m0/s1. The highest BCUT2D eigenvalue weighted by molar-refractivity contribution is 7.93. The van der Waals surface area contributed by atoms with E-state index in [0.717, 1.165) is 19.3 Å². The summed E-state index contributed by atoms with van der Waals surface area (Å²) in [5.74, 6) is 1.41. The summed E-state index contributed by atoms with van der Waals surface area (Å²) in [7, 11) is 0.488. The number of anilines is 1.